The Hall–Kier alpha value is -1.49. The second-order valence-corrected chi connectivity index (χ2v) is 3.03. The van der Waals surface area contributed by atoms with Crippen LogP contribution in [0, 0.1) is 0 Å². The van der Waals surface area contributed by atoms with Crippen LogP contribution in [0.1, 0.15) is 0 Å². The van der Waals surface area contributed by atoms with Gasteiger partial charge in [0.25, 0.3) is 0 Å². The van der Waals surface area contributed by atoms with Crippen LogP contribution >= 0.6 is 11.5 Å². The van der Waals surface area contributed by atoms with Crippen LogP contribution in [0.2, 0.25) is 0 Å². The number of anilines is 1. The fraction of sp³-hybridized carbons (Fsp3) is 0. The summed E-state index contributed by atoms with van der Waals surface area (Å²) in [6.45, 7) is 0. The van der Waals surface area contributed by atoms with Gasteiger partial charge in [-0.15, -0.1) is 5.10 Å². The number of aromatic nitrogens is 3. The molecule has 0 fully saturated rings. The molecule has 60 valence electrons. The number of benzene rings is 1. The maximum atomic E-state index is 5.60. The molecule has 5 heteroatoms. The van der Waals surface area contributed by atoms with Crippen LogP contribution in [0.3, 0.4) is 0 Å². The maximum absolute atomic E-state index is 5.60. The Morgan fingerprint density at radius 3 is 2.92 bits per heavy atom. The van der Waals surface area contributed by atoms with Gasteiger partial charge >= 0.3 is 0 Å². The Bertz CT molecular complexity index is 371. The number of hydrogen-bond acceptors (Lipinski definition) is 5. The third kappa shape index (κ3) is 1.26. The average Bonchev–Trinajstić information content (AvgIpc) is 2.56. The van der Waals surface area contributed by atoms with Gasteiger partial charge in [0.15, 0.2) is 5.01 Å². The van der Waals surface area contributed by atoms with E-state index in [0.29, 0.717) is 0 Å². The molecule has 0 amide bonds. The Labute approximate surface area is 73.2 Å². The molecule has 0 aliphatic carbocycles. The number of hydrogen-bond donors (Lipinski definition) is 1. The van der Waals surface area contributed by atoms with E-state index in [1.807, 2.05) is 24.3 Å². The summed E-state index contributed by atoms with van der Waals surface area (Å²) < 4.78 is 3.67. The largest absolute Gasteiger partial charge is 0.399 e. The summed E-state index contributed by atoms with van der Waals surface area (Å²) in [5.74, 6) is 0. The highest BCUT2D eigenvalue weighted by atomic mass is 32.1. The molecule has 0 bridgehead atoms. The van der Waals surface area contributed by atoms with Gasteiger partial charge in [-0.25, -0.2) is 0 Å². The molecule has 0 radical (unpaired) electrons. The molecule has 1 aromatic carbocycles. The molecule has 1 heterocycles. The summed E-state index contributed by atoms with van der Waals surface area (Å²) in [5.41, 5.74) is 7.29. The van der Waals surface area contributed by atoms with Crippen LogP contribution in [0.5, 0.6) is 0 Å². The maximum Gasteiger partial charge on any atom is 0.168 e. The zero-order chi connectivity index (χ0) is 8.39. The smallest absolute Gasteiger partial charge is 0.168 e. The normalized spacial score (nSPS) is 10.0. The van der Waals surface area contributed by atoms with Crippen LogP contribution in [-0.2, 0) is 0 Å². The summed E-state index contributed by atoms with van der Waals surface area (Å²) in [6, 6.07) is 7.49. The van der Waals surface area contributed by atoms with Gasteiger partial charge < -0.3 is 5.73 Å². The van der Waals surface area contributed by atoms with E-state index >= 15 is 0 Å². The van der Waals surface area contributed by atoms with Crippen LogP contribution in [0.25, 0.3) is 10.6 Å². The predicted molar refractivity (Wildman–Crippen MR) is 47.6 cm³/mol. The number of nitrogen functional groups attached to an aromatic ring is 1. The van der Waals surface area contributed by atoms with Crippen molar-refractivity contribution in [2.45, 2.75) is 0 Å². The minimum atomic E-state index is 0.725. The molecule has 0 atom stereocenters. The lowest BCUT2D eigenvalue weighted by Gasteiger charge is -1.94. The van der Waals surface area contributed by atoms with E-state index in [4.69, 9.17) is 5.73 Å². The van der Waals surface area contributed by atoms with Crippen LogP contribution in [-0.4, -0.2) is 14.8 Å². The molecule has 0 saturated heterocycles. The minimum Gasteiger partial charge on any atom is -0.399 e. The molecule has 0 aliphatic rings. The van der Waals surface area contributed by atoms with Crippen LogP contribution in [0.15, 0.2) is 24.3 Å². The lowest BCUT2D eigenvalue weighted by Crippen LogP contribution is -1.84. The predicted octanol–water partition coefficient (Wildman–Crippen LogP) is 1.18. The first-order valence-electron chi connectivity index (χ1n) is 3.37. The van der Waals surface area contributed by atoms with Crippen molar-refractivity contribution in [3.63, 3.8) is 0 Å². The van der Waals surface area contributed by atoms with Crippen molar-refractivity contribution in [2.24, 2.45) is 0 Å². The molecular weight excluding hydrogens is 172 g/mol. The monoisotopic (exact) mass is 178 g/mol. The quantitative estimate of drug-likeness (QED) is 0.666. The van der Waals surface area contributed by atoms with E-state index in [0.717, 1.165) is 16.3 Å². The van der Waals surface area contributed by atoms with Crippen molar-refractivity contribution in [1.29, 1.82) is 0 Å². The van der Waals surface area contributed by atoms with Crippen molar-refractivity contribution < 1.29 is 0 Å². The van der Waals surface area contributed by atoms with Crippen molar-refractivity contribution in [1.82, 2.24) is 14.8 Å². The van der Waals surface area contributed by atoms with Gasteiger partial charge in [-0.05, 0) is 17.3 Å². The fourth-order valence-corrected chi connectivity index (χ4v) is 1.37. The summed E-state index contributed by atoms with van der Waals surface area (Å²) in [7, 11) is 0. The fourth-order valence-electron chi connectivity index (χ4n) is 0.916. The van der Waals surface area contributed by atoms with E-state index in [1.54, 1.807) is 0 Å². The lowest BCUT2D eigenvalue weighted by atomic mass is 10.2. The Kier molecular flexibility index (Phi) is 1.71. The second kappa shape index (κ2) is 2.86. The zero-order valence-corrected chi connectivity index (χ0v) is 6.95. The molecule has 2 rings (SSSR count). The molecule has 0 saturated carbocycles. The molecule has 4 nitrogen and oxygen atoms in total. The first-order valence-corrected chi connectivity index (χ1v) is 4.14. The van der Waals surface area contributed by atoms with Gasteiger partial charge in [0.2, 0.25) is 0 Å². The molecular formula is C7H6N4S. The highest BCUT2D eigenvalue weighted by Gasteiger charge is 2.01. The second-order valence-electron chi connectivity index (χ2n) is 2.29. The van der Waals surface area contributed by atoms with Crippen molar-refractivity contribution in [2.75, 3.05) is 5.73 Å². The van der Waals surface area contributed by atoms with Crippen molar-refractivity contribution in [3.8, 4) is 10.6 Å². The standard InChI is InChI=1S/C7H6N4S/c8-6-3-1-2-5(4-6)7-9-10-11-12-7/h1-4H,8H2. The summed E-state index contributed by atoms with van der Waals surface area (Å²) in [5, 5.41) is 8.13. The number of rotatable bonds is 1. The number of nitrogens with two attached hydrogens (primary N) is 1. The Morgan fingerprint density at radius 1 is 1.33 bits per heavy atom. The topological polar surface area (TPSA) is 64.7 Å². The third-order valence-electron chi connectivity index (χ3n) is 1.43. The summed E-state index contributed by atoms with van der Waals surface area (Å²) >= 11 is 1.26. The van der Waals surface area contributed by atoms with E-state index in [1.165, 1.54) is 11.5 Å². The van der Waals surface area contributed by atoms with Gasteiger partial charge in [0, 0.05) is 22.8 Å². The molecule has 0 aliphatic heterocycles. The SMILES string of the molecule is Nc1cccc(-c2nnns2)c1. The van der Waals surface area contributed by atoms with Gasteiger partial charge in [-0.2, -0.15) is 0 Å². The van der Waals surface area contributed by atoms with Gasteiger partial charge in [-0.3, -0.25) is 0 Å². The highest BCUT2D eigenvalue weighted by Crippen LogP contribution is 2.20. The first-order chi connectivity index (χ1) is 5.86. The van der Waals surface area contributed by atoms with Gasteiger partial charge in [0.1, 0.15) is 0 Å². The van der Waals surface area contributed by atoms with Crippen molar-refractivity contribution >= 4 is 17.2 Å². The molecule has 2 aromatic rings. The molecule has 0 spiro atoms. The van der Waals surface area contributed by atoms with Crippen LogP contribution < -0.4 is 5.73 Å². The van der Waals surface area contributed by atoms with Crippen molar-refractivity contribution in [3.05, 3.63) is 24.3 Å². The number of nitrogens with zero attached hydrogens (tertiary/aromatic N) is 3. The Balaban J connectivity index is 2.48. The lowest BCUT2D eigenvalue weighted by molar-refractivity contribution is 0.961. The van der Waals surface area contributed by atoms with E-state index < -0.39 is 0 Å². The average molecular weight is 178 g/mol. The van der Waals surface area contributed by atoms with E-state index in [2.05, 4.69) is 14.8 Å². The zero-order valence-electron chi connectivity index (χ0n) is 6.14. The molecule has 0 unspecified atom stereocenters. The van der Waals surface area contributed by atoms with Gasteiger partial charge in [0.05, 0.1) is 0 Å². The van der Waals surface area contributed by atoms with E-state index in [-0.39, 0.29) is 0 Å². The molecule has 12 heavy (non-hydrogen) atoms. The third-order valence-corrected chi connectivity index (χ3v) is 2.08. The Morgan fingerprint density at radius 2 is 2.25 bits per heavy atom. The summed E-state index contributed by atoms with van der Waals surface area (Å²) in [4.78, 5) is 0. The van der Waals surface area contributed by atoms with E-state index in [9.17, 15) is 0 Å². The molecule has 1 aromatic heterocycles. The van der Waals surface area contributed by atoms with Crippen LogP contribution in [0.4, 0.5) is 5.69 Å². The highest BCUT2D eigenvalue weighted by molar-refractivity contribution is 7.08. The summed E-state index contributed by atoms with van der Waals surface area (Å²) in [6.07, 6.45) is 0. The first kappa shape index (κ1) is 7.17. The minimum absolute atomic E-state index is 0.725. The van der Waals surface area contributed by atoms with Gasteiger partial charge in [-0.1, -0.05) is 16.6 Å². The molecule has 2 N–H and O–H groups in total.